The van der Waals surface area contributed by atoms with E-state index in [1.54, 1.807) is 6.92 Å². The molecule has 0 spiro atoms. The van der Waals surface area contributed by atoms with Crippen molar-refractivity contribution in [3.05, 3.63) is 71.8 Å². The highest BCUT2D eigenvalue weighted by Crippen LogP contribution is 2.28. The van der Waals surface area contributed by atoms with E-state index in [0.29, 0.717) is 23.9 Å². The van der Waals surface area contributed by atoms with Crippen molar-refractivity contribution in [1.82, 2.24) is 15.3 Å². The third kappa shape index (κ3) is 5.51. The van der Waals surface area contributed by atoms with Gasteiger partial charge in [0.2, 0.25) is 0 Å². The van der Waals surface area contributed by atoms with Crippen molar-refractivity contribution in [1.29, 1.82) is 0 Å². The van der Waals surface area contributed by atoms with Gasteiger partial charge in [0, 0.05) is 25.2 Å². The maximum atomic E-state index is 12.2. The van der Waals surface area contributed by atoms with Gasteiger partial charge in [-0.3, -0.25) is 9.59 Å². The minimum Gasteiger partial charge on any atom is -0.504 e. The first kappa shape index (κ1) is 23.2. The zero-order valence-electron chi connectivity index (χ0n) is 19.1. The molecule has 0 aliphatic carbocycles. The number of anilines is 1. The number of nitrogens with one attached hydrogen (secondary N) is 1. The van der Waals surface area contributed by atoms with Crippen molar-refractivity contribution in [2.24, 2.45) is 5.92 Å². The fourth-order valence-corrected chi connectivity index (χ4v) is 4.26. The molecule has 0 bridgehead atoms. The van der Waals surface area contributed by atoms with E-state index in [1.807, 2.05) is 18.2 Å². The van der Waals surface area contributed by atoms with Crippen LogP contribution < -0.4 is 10.2 Å². The number of nitrogens with zero attached hydrogens (tertiary/aromatic N) is 3. The molecule has 0 saturated carbocycles. The predicted octanol–water partition coefficient (Wildman–Crippen LogP) is 3.43. The summed E-state index contributed by atoms with van der Waals surface area (Å²) in [5.41, 5.74) is 3.73. The highest BCUT2D eigenvalue weighted by Gasteiger charge is 2.23. The number of aliphatic carboxylic acids is 1. The molecule has 1 aromatic heterocycles. The molecule has 3 aromatic rings. The zero-order chi connectivity index (χ0) is 24.1. The summed E-state index contributed by atoms with van der Waals surface area (Å²) < 4.78 is 0. The van der Waals surface area contributed by atoms with Crippen molar-refractivity contribution in [2.45, 2.75) is 26.2 Å². The monoisotopic (exact) mass is 460 g/mol. The van der Waals surface area contributed by atoms with Crippen LogP contribution in [0.15, 0.2) is 54.6 Å². The van der Waals surface area contributed by atoms with Gasteiger partial charge in [-0.2, -0.15) is 0 Å². The Morgan fingerprint density at radius 1 is 1.00 bits per heavy atom. The number of carboxylic acids is 1. The van der Waals surface area contributed by atoms with Crippen molar-refractivity contribution in [3.63, 3.8) is 0 Å². The molecule has 1 saturated heterocycles. The third-order valence-electron chi connectivity index (χ3n) is 6.15. The van der Waals surface area contributed by atoms with Crippen molar-refractivity contribution in [2.75, 3.05) is 24.5 Å². The fourth-order valence-electron chi connectivity index (χ4n) is 4.26. The maximum Gasteiger partial charge on any atom is 0.322 e. The Labute approximate surface area is 198 Å². The number of benzene rings is 2. The lowest BCUT2D eigenvalue weighted by molar-refractivity contribution is -0.135. The van der Waals surface area contributed by atoms with Crippen LogP contribution in [0.1, 0.15) is 34.8 Å². The standard InChI is InChI=1S/C26H28N4O4/c1-17-25(33)24(26(34)27-16-23(31)32)29-22(28-17)15-18-11-13-30(14-12-18)21-9-7-20(8-10-21)19-5-3-2-4-6-19/h2-10,18,33H,11-16H2,1H3,(H,27,34)(H,31,32). The van der Waals surface area contributed by atoms with E-state index in [1.165, 1.54) is 16.8 Å². The molecule has 8 heteroatoms. The van der Waals surface area contributed by atoms with Crippen LogP contribution in [0.5, 0.6) is 5.75 Å². The first-order valence-electron chi connectivity index (χ1n) is 11.4. The zero-order valence-corrected chi connectivity index (χ0v) is 19.1. The molecular weight excluding hydrogens is 432 g/mol. The summed E-state index contributed by atoms with van der Waals surface area (Å²) in [6.45, 7) is 2.90. The number of hydrogen-bond acceptors (Lipinski definition) is 6. The van der Waals surface area contributed by atoms with E-state index in [-0.39, 0.29) is 11.4 Å². The number of rotatable bonds is 7. The molecule has 8 nitrogen and oxygen atoms in total. The minimum absolute atomic E-state index is 0.181. The highest BCUT2D eigenvalue weighted by molar-refractivity contribution is 5.96. The summed E-state index contributed by atoms with van der Waals surface area (Å²) in [7, 11) is 0. The average molecular weight is 461 g/mol. The molecule has 34 heavy (non-hydrogen) atoms. The van der Waals surface area contributed by atoms with Gasteiger partial charge >= 0.3 is 5.97 Å². The lowest BCUT2D eigenvalue weighted by atomic mass is 9.92. The quantitative estimate of drug-likeness (QED) is 0.495. The predicted molar refractivity (Wildman–Crippen MR) is 129 cm³/mol. The summed E-state index contributed by atoms with van der Waals surface area (Å²) in [6, 6.07) is 18.9. The first-order chi connectivity index (χ1) is 16.4. The SMILES string of the molecule is Cc1nc(CC2CCN(c3ccc(-c4ccccc4)cc3)CC2)nc(C(=O)NCC(=O)O)c1O. The Hall–Kier alpha value is -3.94. The number of aromatic hydroxyl groups is 1. The second-order valence-electron chi connectivity index (χ2n) is 8.55. The van der Waals surface area contributed by atoms with Gasteiger partial charge in [0.1, 0.15) is 12.4 Å². The van der Waals surface area contributed by atoms with Crippen LogP contribution in [0, 0.1) is 12.8 Å². The van der Waals surface area contributed by atoms with Crippen molar-refractivity contribution in [3.8, 4) is 16.9 Å². The van der Waals surface area contributed by atoms with E-state index in [0.717, 1.165) is 25.9 Å². The van der Waals surface area contributed by atoms with Gasteiger partial charge in [0.25, 0.3) is 5.91 Å². The molecule has 0 atom stereocenters. The molecular formula is C26H28N4O4. The second-order valence-corrected chi connectivity index (χ2v) is 8.55. The third-order valence-corrected chi connectivity index (χ3v) is 6.15. The summed E-state index contributed by atoms with van der Waals surface area (Å²) in [4.78, 5) is 33.9. The molecule has 3 N–H and O–H groups in total. The number of piperidine rings is 1. The Morgan fingerprint density at radius 2 is 1.65 bits per heavy atom. The van der Waals surface area contributed by atoms with Gasteiger partial charge in [-0.05, 0) is 48.9 Å². The first-order valence-corrected chi connectivity index (χ1v) is 11.4. The number of carbonyl (C=O) groups excluding carboxylic acids is 1. The Bertz CT molecular complexity index is 1160. The van der Waals surface area contributed by atoms with Crippen molar-refractivity contribution >= 4 is 17.6 Å². The number of carboxylic acid groups (broad SMARTS) is 1. The van der Waals surface area contributed by atoms with Crippen LogP contribution in [0.3, 0.4) is 0 Å². The topological polar surface area (TPSA) is 116 Å². The second kappa shape index (κ2) is 10.3. The number of amides is 1. The summed E-state index contributed by atoms with van der Waals surface area (Å²) in [5.74, 6) is -1.36. The van der Waals surface area contributed by atoms with Gasteiger partial charge in [0.15, 0.2) is 11.4 Å². The molecule has 2 aromatic carbocycles. The van der Waals surface area contributed by atoms with E-state index >= 15 is 0 Å². The Morgan fingerprint density at radius 3 is 2.29 bits per heavy atom. The van der Waals surface area contributed by atoms with Gasteiger partial charge in [-0.25, -0.2) is 9.97 Å². The van der Waals surface area contributed by atoms with Crippen LogP contribution in [-0.4, -0.2) is 51.7 Å². The Kier molecular flexibility index (Phi) is 7.06. The van der Waals surface area contributed by atoms with Gasteiger partial charge in [-0.15, -0.1) is 0 Å². The van der Waals surface area contributed by atoms with Crippen LogP contribution in [0.25, 0.3) is 11.1 Å². The van der Waals surface area contributed by atoms with E-state index in [2.05, 4.69) is 56.6 Å². The summed E-state index contributed by atoms with van der Waals surface area (Å²) >= 11 is 0. The molecule has 1 aliphatic rings. The van der Waals surface area contributed by atoms with Crippen LogP contribution in [-0.2, 0) is 11.2 Å². The lowest BCUT2D eigenvalue weighted by Gasteiger charge is -2.33. The van der Waals surface area contributed by atoms with Crippen molar-refractivity contribution < 1.29 is 19.8 Å². The maximum absolute atomic E-state index is 12.2. The minimum atomic E-state index is -1.17. The highest BCUT2D eigenvalue weighted by atomic mass is 16.4. The van der Waals surface area contributed by atoms with E-state index < -0.39 is 18.4 Å². The molecule has 0 radical (unpaired) electrons. The van der Waals surface area contributed by atoms with Gasteiger partial charge in [-0.1, -0.05) is 42.5 Å². The molecule has 176 valence electrons. The van der Waals surface area contributed by atoms with Crippen LogP contribution in [0.4, 0.5) is 5.69 Å². The molecule has 0 unspecified atom stereocenters. The molecule has 1 amide bonds. The average Bonchev–Trinajstić information content (AvgIpc) is 2.86. The lowest BCUT2D eigenvalue weighted by Crippen LogP contribution is -2.34. The molecule has 2 heterocycles. The Balaban J connectivity index is 1.37. The fraction of sp³-hybridized carbons (Fsp3) is 0.308. The summed E-state index contributed by atoms with van der Waals surface area (Å²) in [6.07, 6.45) is 2.52. The number of hydrogen-bond donors (Lipinski definition) is 3. The molecule has 1 fully saturated rings. The van der Waals surface area contributed by atoms with Gasteiger partial charge in [0.05, 0.1) is 5.69 Å². The molecule has 4 rings (SSSR count). The van der Waals surface area contributed by atoms with Gasteiger partial charge < -0.3 is 20.4 Å². The van der Waals surface area contributed by atoms with E-state index in [9.17, 15) is 14.7 Å². The molecule has 1 aliphatic heterocycles. The van der Waals surface area contributed by atoms with Crippen LogP contribution in [0.2, 0.25) is 0 Å². The number of carbonyl (C=O) groups is 2. The normalized spacial score (nSPS) is 14.1. The number of aryl methyl sites for hydroxylation is 1. The smallest absolute Gasteiger partial charge is 0.322 e. The van der Waals surface area contributed by atoms with Crippen LogP contribution >= 0.6 is 0 Å². The largest absolute Gasteiger partial charge is 0.504 e. The number of aromatic nitrogens is 2. The van der Waals surface area contributed by atoms with E-state index in [4.69, 9.17) is 5.11 Å². The summed E-state index contributed by atoms with van der Waals surface area (Å²) in [5, 5.41) is 21.2.